The highest BCUT2D eigenvalue weighted by Crippen LogP contribution is 2.18. The molecule has 1 aliphatic rings. The van der Waals surface area contributed by atoms with E-state index < -0.39 is 11.6 Å². The minimum absolute atomic E-state index is 0.412. The molecule has 0 spiro atoms. The number of halogens is 2. The lowest BCUT2D eigenvalue weighted by Gasteiger charge is -2.32. The Hall–Kier alpha value is -1.95. The molecule has 0 bridgehead atoms. The first kappa shape index (κ1) is 14.0. The molecule has 2 heterocycles. The highest BCUT2D eigenvalue weighted by atomic mass is 19.2. The van der Waals surface area contributed by atoms with Gasteiger partial charge in [0.05, 0.1) is 0 Å². The highest BCUT2D eigenvalue weighted by Gasteiger charge is 2.19. The monoisotopic (exact) mass is 292 g/mol. The molecule has 2 aromatic rings. The van der Waals surface area contributed by atoms with E-state index in [1.54, 1.807) is 12.3 Å². The summed E-state index contributed by atoms with van der Waals surface area (Å²) in [5.74, 6) is -0.697. The van der Waals surface area contributed by atoms with Gasteiger partial charge in [0.1, 0.15) is 5.82 Å². The van der Waals surface area contributed by atoms with Crippen LogP contribution in [0.5, 0.6) is 0 Å². The lowest BCUT2D eigenvalue weighted by molar-refractivity contribution is 0.211. The van der Waals surface area contributed by atoms with E-state index in [-0.39, 0.29) is 0 Å². The smallest absolute Gasteiger partial charge is 0.159 e. The summed E-state index contributed by atoms with van der Waals surface area (Å²) in [6, 6.07) is 6.44. The van der Waals surface area contributed by atoms with E-state index in [0.29, 0.717) is 12.6 Å². The van der Waals surface area contributed by atoms with Crippen molar-refractivity contribution in [2.24, 2.45) is 0 Å². The summed E-state index contributed by atoms with van der Waals surface area (Å²) < 4.78 is 26.1. The van der Waals surface area contributed by atoms with Crippen molar-refractivity contribution in [2.45, 2.75) is 25.4 Å². The summed E-state index contributed by atoms with van der Waals surface area (Å²) in [7, 11) is 0. The van der Waals surface area contributed by atoms with Gasteiger partial charge in [-0.1, -0.05) is 6.07 Å². The Morgan fingerprint density at radius 2 is 2.00 bits per heavy atom. The zero-order valence-corrected chi connectivity index (χ0v) is 11.6. The average molecular weight is 292 g/mol. The number of nitrogens with zero attached hydrogens (tertiary/aromatic N) is 2. The van der Waals surface area contributed by atoms with Crippen molar-refractivity contribution in [1.82, 2.24) is 15.1 Å². The van der Waals surface area contributed by atoms with Gasteiger partial charge in [-0.15, -0.1) is 0 Å². The minimum Gasteiger partial charge on any atom is -0.366 e. The molecule has 0 amide bonds. The number of hydrogen-bond donors (Lipinski definition) is 2. The van der Waals surface area contributed by atoms with Crippen molar-refractivity contribution in [1.29, 1.82) is 0 Å². The van der Waals surface area contributed by atoms with Crippen LogP contribution in [-0.2, 0) is 6.54 Å². The molecule has 1 aromatic heterocycles. The van der Waals surface area contributed by atoms with Crippen LogP contribution in [0.4, 0.5) is 14.6 Å². The minimum atomic E-state index is -0.791. The molecule has 3 rings (SSSR count). The van der Waals surface area contributed by atoms with Gasteiger partial charge in [0, 0.05) is 31.9 Å². The molecule has 112 valence electrons. The third-order valence-electron chi connectivity index (χ3n) is 3.83. The molecule has 0 atom stereocenters. The zero-order valence-electron chi connectivity index (χ0n) is 11.6. The lowest BCUT2D eigenvalue weighted by atomic mass is 10.0. The Balaban J connectivity index is 1.50. The molecule has 0 unspecified atom stereocenters. The van der Waals surface area contributed by atoms with Crippen LogP contribution in [0.25, 0.3) is 0 Å². The van der Waals surface area contributed by atoms with Gasteiger partial charge in [0.2, 0.25) is 0 Å². The Morgan fingerprint density at radius 1 is 1.19 bits per heavy atom. The molecule has 1 aromatic carbocycles. The standard InChI is InChI=1S/C15H18F2N4/c16-13-2-1-11(9-14(13)17)10-21-7-4-12(5-8-21)19-15-3-6-18-20-15/h1-3,6,9,12H,4-5,7-8,10H2,(H2,18,19,20). The van der Waals surface area contributed by atoms with Crippen LogP contribution in [0.2, 0.25) is 0 Å². The molecule has 1 aliphatic heterocycles. The fourth-order valence-corrected chi connectivity index (χ4v) is 2.68. The summed E-state index contributed by atoms with van der Waals surface area (Å²) in [6.45, 7) is 2.52. The Kier molecular flexibility index (Phi) is 4.15. The highest BCUT2D eigenvalue weighted by molar-refractivity contribution is 5.33. The number of aromatic nitrogens is 2. The Labute approximate surface area is 122 Å². The molecular weight excluding hydrogens is 274 g/mol. The first-order valence-electron chi connectivity index (χ1n) is 7.13. The van der Waals surface area contributed by atoms with E-state index in [2.05, 4.69) is 20.4 Å². The average Bonchev–Trinajstić information content (AvgIpc) is 2.98. The molecule has 21 heavy (non-hydrogen) atoms. The lowest BCUT2D eigenvalue weighted by Crippen LogP contribution is -2.38. The van der Waals surface area contributed by atoms with Gasteiger partial charge in [0.25, 0.3) is 0 Å². The zero-order chi connectivity index (χ0) is 14.7. The number of likely N-dealkylation sites (tertiary alicyclic amines) is 1. The van der Waals surface area contributed by atoms with Gasteiger partial charge >= 0.3 is 0 Å². The quantitative estimate of drug-likeness (QED) is 0.910. The number of rotatable bonds is 4. The number of piperidine rings is 1. The van der Waals surface area contributed by atoms with Gasteiger partial charge < -0.3 is 5.32 Å². The third kappa shape index (κ3) is 3.58. The predicted molar refractivity (Wildman–Crippen MR) is 76.9 cm³/mol. The van der Waals surface area contributed by atoms with E-state index in [1.165, 1.54) is 12.1 Å². The first-order chi connectivity index (χ1) is 10.2. The first-order valence-corrected chi connectivity index (χ1v) is 7.13. The summed E-state index contributed by atoms with van der Waals surface area (Å²) >= 11 is 0. The number of anilines is 1. The number of nitrogens with one attached hydrogen (secondary N) is 2. The second kappa shape index (κ2) is 6.22. The molecule has 2 N–H and O–H groups in total. The Bertz CT molecular complexity index is 577. The number of H-pyrrole nitrogens is 1. The van der Waals surface area contributed by atoms with Crippen LogP contribution in [0.15, 0.2) is 30.5 Å². The molecule has 6 heteroatoms. The summed E-state index contributed by atoms with van der Waals surface area (Å²) in [6.07, 6.45) is 3.81. The van der Waals surface area contributed by atoms with Crippen LogP contribution in [-0.4, -0.2) is 34.2 Å². The van der Waals surface area contributed by atoms with Crippen molar-refractivity contribution in [3.8, 4) is 0 Å². The van der Waals surface area contributed by atoms with Gasteiger partial charge in [-0.3, -0.25) is 10.00 Å². The summed E-state index contributed by atoms with van der Waals surface area (Å²) in [5.41, 5.74) is 0.813. The number of benzene rings is 1. The summed E-state index contributed by atoms with van der Waals surface area (Å²) in [4.78, 5) is 2.26. The van der Waals surface area contributed by atoms with Crippen LogP contribution in [0, 0.1) is 11.6 Å². The fourth-order valence-electron chi connectivity index (χ4n) is 2.68. The molecule has 0 aliphatic carbocycles. The molecule has 1 fully saturated rings. The van der Waals surface area contributed by atoms with Crippen molar-refractivity contribution >= 4 is 5.82 Å². The molecule has 4 nitrogen and oxygen atoms in total. The second-order valence-electron chi connectivity index (χ2n) is 5.40. The molecule has 0 saturated carbocycles. The fraction of sp³-hybridized carbons (Fsp3) is 0.400. The largest absolute Gasteiger partial charge is 0.366 e. The maximum Gasteiger partial charge on any atom is 0.159 e. The van der Waals surface area contributed by atoms with E-state index >= 15 is 0 Å². The maximum absolute atomic E-state index is 13.2. The van der Waals surface area contributed by atoms with E-state index in [1.807, 2.05) is 6.07 Å². The van der Waals surface area contributed by atoms with Gasteiger partial charge in [-0.25, -0.2) is 8.78 Å². The molecular formula is C15H18F2N4. The SMILES string of the molecule is Fc1ccc(CN2CCC(Nc3cc[nH]n3)CC2)cc1F. The van der Waals surface area contributed by atoms with Crippen molar-refractivity contribution in [3.05, 3.63) is 47.7 Å². The van der Waals surface area contributed by atoms with E-state index in [0.717, 1.165) is 37.3 Å². The van der Waals surface area contributed by atoms with Crippen molar-refractivity contribution in [3.63, 3.8) is 0 Å². The number of hydrogen-bond acceptors (Lipinski definition) is 3. The predicted octanol–water partition coefficient (Wildman–Crippen LogP) is 2.76. The van der Waals surface area contributed by atoms with Gasteiger partial charge in [-0.05, 0) is 36.6 Å². The third-order valence-corrected chi connectivity index (χ3v) is 3.83. The van der Waals surface area contributed by atoms with Crippen LogP contribution < -0.4 is 5.32 Å². The van der Waals surface area contributed by atoms with E-state index in [4.69, 9.17) is 0 Å². The number of aromatic amines is 1. The summed E-state index contributed by atoms with van der Waals surface area (Å²) in [5, 5.41) is 10.3. The van der Waals surface area contributed by atoms with E-state index in [9.17, 15) is 8.78 Å². The van der Waals surface area contributed by atoms with Gasteiger partial charge in [0.15, 0.2) is 11.6 Å². The normalized spacial score (nSPS) is 17.0. The van der Waals surface area contributed by atoms with Crippen LogP contribution in [0.3, 0.4) is 0 Å². The van der Waals surface area contributed by atoms with Gasteiger partial charge in [-0.2, -0.15) is 5.10 Å². The van der Waals surface area contributed by atoms with Crippen LogP contribution >= 0.6 is 0 Å². The van der Waals surface area contributed by atoms with Crippen LogP contribution in [0.1, 0.15) is 18.4 Å². The maximum atomic E-state index is 13.2. The molecule has 1 saturated heterocycles. The Morgan fingerprint density at radius 3 is 2.67 bits per heavy atom. The second-order valence-corrected chi connectivity index (χ2v) is 5.40. The molecule has 0 radical (unpaired) electrons. The van der Waals surface area contributed by atoms with Crippen molar-refractivity contribution < 1.29 is 8.78 Å². The topological polar surface area (TPSA) is 44.0 Å². The van der Waals surface area contributed by atoms with Crippen molar-refractivity contribution in [2.75, 3.05) is 18.4 Å².